The Morgan fingerprint density at radius 3 is 1.70 bits per heavy atom. The van der Waals surface area contributed by atoms with Gasteiger partial charge in [0.05, 0.1) is 6.26 Å². The van der Waals surface area contributed by atoms with E-state index in [9.17, 15) is 13.2 Å². The molecule has 3 N–H and O–H groups in total. The molecule has 0 unspecified atom stereocenters. The fourth-order valence-electron chi connectivity index (χ4n) is 0. The Morgan fingerprint density at radius 1 is 1.60 bits per heavy atom. The Hall–Kier alpha value is -0.620. The molecular weight excluding hydrogens is 158 g/mol. The molecule has 0 saturated heterocycles. The zero-order valence-corrected chi connectivity index (χ0v) is 6.68. The molecule has 0 rings (SSSR count). The molecule has 0 saturated carbocycles. The highest BCUT2D eigenvalue weighted by atomic mass is 32.2. The molecule has 0 aliphatic heterocycles. The van der Waals surface area contributed by atoms with Crippen LogP contribution in [0.5, 0.6) is 0 Å². The van der Waals surface area contributed by atoms with Crippen LogP contribution in [0.1, 0.15) is 13.3 Å². The minimum atomic E-state index is -3.67. The van der Waals surface area contributed by atoms with Crippen molar-refractivity contribution >= 4 is 16.0 Å². The van der Waals surface area contributed by atoms with Crippen molar-refractivity contribution < 1.29 is 17.8 Å². The molecule has 0 fully saturated rings. The molecule has 5 nitrogen and oxygen atoms in total. The molecule has 1 amide bonds. The van der Waals surface area contributed by atoms with Crippen LogP contribution in [0.2, 0.25) is 0 Å². The van der Waals surface area contributed by atoms with Gasteiger partial charge < -0.3 is 5.73 Å². The van der Waals surface area contributed by atoms with Crippen molar-refractivity contribution in [1.82, 2.24) is 0 Å². The lowest BCUT2D eigenvalue weighted by molar-refractivity contribution is -0.117. The first-order valence-electron chi connectivity index (χ1n) is 2.48. The van der Waals surface area contributed by atoms with E-state index in [0.717, 1.165) is 0 Å². The van der Waals surface area contributed by atoms with Gasteiger partial charge in [-0.3, -0.25) is 9.35 Å². The van der Waals surface area contributed by atoms with E-state index in [2.05, 4.69) is 5.73 Å². The monoisotopic (exact) mass is 169 g/mol. The first-order chi connectivity index (χ1) is 4.27. The Balaban J connectivity index is 0. The first kappa shape index (κ1) is 12.1. The van der Waals surface area contributed by atoms with Crippen LogP contribution in [-0.2, 0) is 14.9 Å². The molecule has 10 heavy (non-hydrogen) atoms. The Morgan fingerprint density at radius 2 is 1.70 bits per heavy atom. The number of hydrogen-bond donors (Lipinski definition) is 2. The SMILES string of the molecule is CCC(N)=O.CS(=O)(=O)O. The quantitative estimate of drug-likeness (QED) is 0.511. The molecule has 0 heterocycles. The highest BCUT2D eigenvalue weighted by molar-refractivity contribution is 7.85. The van der Waals surface area contributed by atoms with Crippen LogP contribution < -0.4 is 5.73 Å². The number of rotatable bonds is 1. The van der Waals surface area contributed by atoms with Gasteiger partial charge in [0.15, 0.2) is 0 Å². The van der Waals surface area contributed by atoms with Crippen LogP contribution in [0.25, 0.3) is 0 Å². The van der Waals surface area contributed by atoms with E-state index >= 15 is 0 Å². The summed E-state index contributed by atoms with van der Waals surface area (Å²) in [6.45, 7) is 1.72. The second-order valence-electron chi connectivity index (χ2n) is 1.55. The lowest BCUT2D eigenvalue weighted by Gasteiger charge is -1.73. The molecule has 0 bridgehead atoms. The average molecular weight is 169 g/mol. The number of carbonyl (C=O) groups excluding carboxylic acids is 1. The molecule has 0 radical (unpaired) electrons. The third kappa shape index (κ3) is 158. The van der Waals surface area contributed by atoms with E-state index in [0.29, 0.717) is 12.7 Å². The van der Waals surface area contributed by atoms with Gasteiger partial charge in [-0.1, -0.05) is 6.92 Å². The van der Waals surface area contributed by atoms with Crippen molar-refractivity contribution in [1.29, 1.82) is 0 Å². The molecule has 0 aliphatic carbocycles. The summed E-state index contributed by atoms with van der Waals surface area (Å²) in [6.07, 6.45) is 1.16. The summed E-state index contributed by atoms with van der Waals surface area (Å²) in [5.41, 5.74) is 4.65. The molecule has 6 heteroatoms. The third-order valence-electron chi connectivity index (χ3n) is 0.348. The fourth-order valence-corrected chi connectivity index (χ4v) is 0. The summed E-state index contributed by atoms with van der Waals surface area (Å²) in [6, 6.07) is 0. The first-order valence-corrected chi connectivity index (χ1v) is 4.33. The highest BCUT2D eigenvalue weighted by Crippen LogP contribution is 1.63. The van der Waals surface area contributed by atoms with Crippen molar-refractivity contribution in [2.24, 2.45) is 5.73 Å². The maximum Gasteiger partial charge on any atom is 0.261 e. The molecule has 0 aromatic rings. The van der Waals surface area contributed by atoms with Gasteiger partial charge in [0.1, 0.15) is 0 Å². The van der Waals surface area contributed by atoms with Gasteiger partial charge >= 0.3 is 0 Å². The number of amides is 1. The van der Waals surface area contributed by atoms with Crippen LogP contribution >= 0.6 is 0 Å². The highest BCUT2D eigenvalue weighted by Gasteiger charge is 1.81. The largest absolute Gasteiger partial charge is 0.370 e. The van der Waals surface area contributed by atoms with Crippen molar-refractivity contribution in [2.75, 3.05) is 6.26 Å². The second-order valence-corrected chi connectivity index (χ2v) is 3.02. The van der Waals surface area contributed by atoms with Crippen molar-refractivity contribution in [2.45, 2.75) is 13.3 Å². The number of hydrogen-bond acceptors (Lipinski definition) is 3. The van der Waals surface area contributed by atoms with Crippen LogP contribution in [0.4, 0.5) is 0 Å². The molecule has 0 aromatic heterocycles. The van der Waals surface area contributed by atoms with E-state index < -0.39 is 10.1 Å². The Bertz CT molecular complexity index is 175. The van der Waals surface area contributed by atoms with Crippen molar-refractivity contribution in [3.05, 3.63) is 0 Å². The zero-order valence-electron chi connectivity index (χ0n) is 5.86. The second kappa shape index (κ2) is 5.19. The summed E-state index contributed by atoms with van der Waals surface area (Å²) < 4.78 is 25.9. The van der Waals surface area contributed by atoms with Crippen LogP contribution in [0.3, 0.4) is 0 Å². The maximum absolute atomic E-state index is 9.59. The average Bonchev–Trinajstić information content (AvgIpc) is 1.61. The topological polar surface area (TPSA) is 97.5 Å². The van der Waals surface area contributed by atoms with Gasteiger partial charge in [0.25, 0.3) is 10.1 Å². The summed E-state index contributed by atoms with van der Waals surface area (Å²) in [5.74, 6) is -0.245. The van der Waals surface area contributed by atoms with Gasteiger partial charge in [-0.15, -0.1) is 0 Å². The normalized spacial score (nSPS) is 9.50. The van der Waals surface area contributed by atoms with Crippen molar-refractivity contribution in [3.8, 4) is 0 Å². The Labute approximate surface area is 60.0 Å². The van der Waals surface area contributed by atoms with E-state index in [1.54, 1.807) is 6.92 Å². The maximum atomic E-state index is 9.59. The fraction of sp³-hybridized carbons (Fsp3) is 0.750. The molecule has 0 spiro atoms. The Kier molecular flexibility index (Phi) is 6.27. The number of carbonyl (C=O) groups is 1. The minimum Gasteiger partial charge on any atom is -0.370 e. The number of primary amides is 1. The molecular formula is C4H11NO4S. The molecule has 0 aromatic carbocycles. The molecule has 0 aliphatic rings. The van der Waals surface area contributed by atoms with Crippen LogP contribution in [0, 0.1) is 0 Å². The van der Waals surface area contributed by atoms with Gasteiger partial charge in [0.2, 0.25) is 5.91 Å². The lowest BCUT2D eigenvalue weighted by Crippen LogP contribution is -2.06. The van der Waals surface area contributed by atoms with Gasteiger partial charge in [-0.25, -0.2) is 0 Å². The molecule has 0 atom stereocenters. The van der Waals surface area contributed by atoms with E-state index in [-0.39, 0.29) is 5.91 Å². The summed E-state index contributed by atoms with van der Waals surface area (Å²) in [4.78, 5) is 9.59. The van der Waals surface area contributed by atoms with Crippen molar-refractivity contribution in [3.63, 3.8) is 0 Å². The predicted molar refractivity (Wildman–Crippen MR) is 37.0 cm³/mol. The third-order valence-corrected chi connectivity index (χ3v) is 0.348. The van der Waals surface area contributed by atoms with E-state index in [1.807, 2.05) is 0 Å². The summed E-state index contributed by atoms with van der Waals surface area (Å²) >= 11 is 0. The van der Waals surface area contributed by atoms with Gasteiger partial charge in [0, 0.05) is 6.42 Å². The standard InChI is InChI=1S/C3H7NO.CH4O3S/c1-2-3(4)5;1-5(2,3)4/h2H2,1H3,(H2,4,5);1H3,(H,2,3,4). The lowest BCUT2D eigenvalue weighted by atomic mass is 10.5. The van der Waals surface area contributed by atoms with E-state index in [1.165, 1.54) is 0 Å². The molecule has 62 valence electrons. The zero-order chi connectivity index (χ0) is 8.78. The van der Waals surface area contributed by atoms with Crippen LogP contribution in [0.15, 0.2) is 0 Å². The summed E-state index contributed by atoms with van der Waals surface area (Å²) in [7, 11) is -3.67. The predicted octanol–water partition coefficient (Wildman–Crippen LogP) is -0.614. The van der Waals surface area contributed by atoms with E-state index in [4.69, 9.17) is 4.55 Å². The van der Waals surface area contributed by atoms with Gasteiger partial charge in [-0.05, 0) is 0 Å². The minimum absolute atomic E-state index is 0.245. The van der Waals surface area contributed by atoms with Gasteiger partial charge in [-0.2, -0.15) is 8.42 Å². The smallest absolute Gasteiger partial charge is 0.261 e. The number of nitrogens with two attached hydrogens (primary N) is 1. The summed E-state index contributed by atoms with van der Waals surface area (Å²) in [5, 5.41) is 0. The van der Waals surface area contributed by atoms with Crippen LogP contribution in [-0.4, -0.2) is 25.1 Å².